The van der Waals surface area contributed by atoms with E-state index in [1.807, 2.05) is 0 Å². The van der Waals surface area contributed by atoms with Gasteiger partial charge in [-0.25, -0.2) is 9.13 Å². The van der Waals surface area contributed by atoms with Gasteiger partial charge in [-0.15, -0.1) is 0 Å². The first-order chi connectivity index (χ1) is 48.4. The Balaban J connectivity index is 5.24. The monoisotopic (exact) mass is 1470 g/mol. The van der Waals surface area contributed by atoms with Crippen molar-refractivity contribution >= 4 is 39.5 Å². The molecule has 0 aromatic heterocycles. The van der Waals surface area contributed by atoms with Crippen LogP contribution in [0.25, 0.3) is 0 Å². The molecule has 0 aliphatic heterocycles. The zero-order chi connectivity index (χ0) is 73.5. The first kappa shape index (κ1) is 98.1. The van der Waals surface area contributed by atoms with E-state index in [2.05, 4.69) is 41.5 Å². The number of phosphoric ester groups is 2. The molecule has 17 nitrogen and oxygen atoms in total. The van der Waals surface area contributed by atoms with Crippen LogP contribution in [0.4, 0.5) is 0 Å². The van der Waals surface area contributed by atoms with Crippen LogP contribution in [0.5, 0.6) is 0 Å². The Hall–Kier alpha value is -1.94. The summed E-state index contributed by atoms with van der Waals surface area (Å²) in [6.45, 7) is 9.65. The van der Waals surface area contributed by atoms with Crippen LogP contribution in [0.1, 0.15) is 427 Å². The number of carbonyl (C=O) groups excluding carboxylic acids is 4. The molecule has 0 saturated carbocycles. The average Bonchev–Trinajstić information content (AvgIpc) is 0.918. The van der Waals surface area contributed by atoms with Crippen molar-refractivity contribution in [1.29, 1.82) is 0 Å². The van der Waals surface area contributed by atoms with Crippen LogP contribution in [0.2, 0.25) is 0 Å². The van der Waals surface area contributed by atoms with Gasteiger partial charge in [-0.1, -0.05) is 375 Å². The second-order valence-electron chi connectivity index (χ2n) is 29.9. The van der Waals surface area contributed by atoms with Crippen LogP contribution >= 0.6 is 15.6 Å². The molecule has 0 bridgehead atoms. The normalized spacial score (nSPS) is 14.2. The van der Waals surface area contributed by atoms with Gasteiger partial charge in [-0.05, 0) is 37.5 Å². The van der Waals surface area contributed by atoms with E-state index in [4.69, 9.17) is 37.0 Å². The highest BCUT2D eigenvalue weighted by molar-refractivity contribution is 7.47. The predicted molar refractivity (Wildman–Crippen MR) is 409 cm³/mol. The first-order valence-corrected chi connectivity index (χ1v) is 45.0. The Morgan fingerprint density at radius 3 is 0.760 bits per heavy atom. The second-order valence-corrected chi connectivity index (χ2v) is 32.8. The summed E-state index contributed by atoms with van der Waals surface area (Å²) >= 11 is 0. The van der Waals surface area contributed by atoms with E-state index in [1.165, 1.54) is 244 Å². The Bertz CT molecular complexity index is 1930. The number of esters is 4. The number of carbonyl (C=O) groups is 4. The Morgan fingerprint density at radius 1 is 0.290 bits per heavy atom. The van der Waals surface area contributed by atoms with Crippen molar-refractivity contribution in [3.8, 4) is 0 Å². The lowest BCUT2D eigenvalue weighted by molar-refractivity contribution is -0.161. The summed E-state index contributed by atoms with van der Waals surface area (Å²) in [7, 11) is -9.92. The minimum absolute atomic E-state index is 0.107. The molecule has 0 radical (unpaired) electrons. The van der Waals surface area contributed by atoms with Gasteiger partial charge in [0.1, 0.15) is 19.3 Å². The fraction of sp³-hybridized carbons (Fsp3) is 0.951. The molecule has 0 aliphatic carbocycles. The largest absolute Gasteiger partial charge is 0.472 e. The third kappa shape index (κ3) is 73.0. The zero-order valence-corrected chi connectivity index (χ0v) is 67.3. The smallest absolute Gasteiger partial charge is 0.462 e. The first-order valence-electron chi connectivity index (χ1n) is 42.0. The number of phosphoric acid groups is 2. The van der Waals surface area contributed by atoms with Gasteiger partial charge < -0.3 is 33.8 Å². The number of aliphatic hydroxyl groups is 1. The van der Waals surface area contributed by atoms with E-state index < -0.39 is 97.5 Å². The van der Waals surface area contributed by atoms with E-state index in [9.17, 15) is 43.2 Å². The van der Waals surface area contributed by atoms with Gasteiger partial charge in [0.2, 0.25) is 0 Å². The van der Waals surface area contributed by atoms with Crippen molar-refractivity contribution in [3.05, 3.63) is 0 Å². The molecule has 100 heavy (non-hydrogen) atoms. The lowest BCUT2D eigenvalue weighted by Gasteiger charge is -2.21. The highest BCUT2D eigenvalue weighted by atomic mass is 31.2. The maximum Gasteiger partial charge on any atom is 0.472 e. The average molecular weight is 1470 g/mol. The van der Waals surface area contributed by atoms with E-state index in [-0.39, 0.29) is 25.7 Å². The van der Waals surface area contributed by atoms with Crippen molar-refractivity contribution < 1.29 is 80.2 Å². The molecule has 0 amide bonds. The molecular weight excluding hydrogens is 1310 g/mol. The summed E-state index contributed by atoms with van der Waals surface area (Å²) in [5, 5.41) is 10.6. The minimum Gasteiger partial charge on any atom is -0.462 e. The molecule has 0 heterocycles. The fourth-order valence-corrected chi connectivity index (χ4v) is 14.1. The molecule has 0 fully saturated rings. The van der Waals surface area contributed by atoms with Crippen molar-refractivity contribution in [1.82, 2.24) is 0 Å². The Kier molecular flexibility index (Phi) is 71.2. The highest BCUT2D eigenvalue weighted by Crippen LogP contribution is 2.45. The lowest BCUT2D eigenvalue weighted by Crippen LogP contribution is -2.30. The van der Waals surface area contributed by atoms with Gasteiger partial charge in [0.15, 0.2) is 12.2 Å². The van der Waals surface area contributed by atoms with Crippen molar-refractivity contribution in [2.24, 2.45) is 11.8 Å². The van der Waals surface area contributed by atoms with Gasteiger partial charge in [0.05, 0.1) is 26.4 Å². The van der Waals surface area contributed by atoms with Gasteiger partial charge >= 0.3 is 39.5 Å². The summed E-state index contributed by atoms with van der Waals surface area (Å²) in [6.07, 6.45) is 62.4. The number of aliphatic hydroxyl groups excluding tert-OH is 1. The molecule has 0 spiro atoms. The quantitative estimate of drug-likeness (QED) is 0.0222. The van der Waals surface area contributed by atoms with Crippen LogP contribution in [0.15, 0.2) is 0 Å². The number of rotatable bonds is 80. The fourth-order valence-electron chi connectivity index (χ4n) is 12.5. The van der Waals surface area contributed by atoms with Crippen LogP contribution in [0.3, 0.4) is 0 Å². The molecule has 0 saturated heterocycles. The maximum absolute atomic E-state index is 13.1. The maximum atomic E-state index is 13.1. The summed E-state index contributed by atoms with van der Waals surface area (Å²) in [6, 6.07) is 0. The number of hydrogen-bond donors (Lipinski definition) is 3. The summed E-state index contributed by atoms with van der Waals surface area (Å²) in [5.41, 5.74) is 0. The van der Waals surface area contributed by atoms with Gasteiger partial charge in [-0.3, -0.25) is 37.3 Å². The molecule has 6 atom stereocenters. The topological polar surface area (TPSA) is 237 Å². The van der Waals surface area contributed by atoms with Crippen molar-refractivity contribution in [2.75, 3.05) is 39.6 Å². The van der Waals surface area contributed by atoms with E-state index in [0.29, 0.717) is 25.7 Å². The van der Waals surface area contributed by atoms with Crippen molar-refractivity contribution in [2.45, 2.75) is 445 Å². The summed E-state index contributed by atoms with van der Waals surface area (Å²) in [4.78, 5) is 73.0. The third-order valence-electron chi connectivity index (χ3n) is 19.3. The van der Waals surface area contributed by atoms with Crippen LogP contribution in [-0.2, 0) is 65.4 Å². The van der Waals surface area contributed by atoms with E-state index in [0.717, 1.165) is 102 Å². The second kappa shape index (κ2) is 72.6. The lowest BCUT2D eigenvalue weighted by atomic mass is 9.99. The standard InChI is InChI=1S/C81H158O17P2/c1-7-10-12-14-16-18-20-22-23-24-25-26-27-32-36-40-48-54-60-66-81(86)97-76(69-91-78(83)63-57-51-45-38-35-31-29-28-30-33-37-44-50-56-62-74(6)9-3)71-95-99(87,88)93-67-75(82)68-94-100(89,90)96-72-77(70-92-79(84)64-58-52-46-42-41-43-49-55-61-73(4)5)98-80(85)65-59-53-47-39-34-21-19-17-15-13-11-8-2/h73-77,82H,7-72H2,1-6H3,(H,87,88)(H,89,90)/t74?,75-,76-,77-/m1/s1. The highest BCUT2D eigenvalue weighted by Gasteiger charge is 2.30. The number of hydrogen-bond acceptors (Lipinski definition) is 15. The van der Waals surface area contributed by atoms with E-state index >= 15 is 0 Å². The molecule has 594 valence electrons. The van der Waals surface area contributed by atoms with Crippen LogP contribution < -0.4 is 0 Å². The summed E-state index contributed by atoms with van der Waals surface area (Å²) in [5.74, 6) is -0.532. The molecule has 0 aliphatic rings. The Labute approximate surface area is 613 Å². The number of unbranched alkanes of at least 4 members (excludes halogenated alkanes) is 49. The molecule has 0 aromatic carbocycles. The van der Waals surface area contributed by atoms with E-state index in [1.54, 1.807) is 0 Å². The van der Waals surface area contributed by atoms with Gasteiger partial charge in [-0.2, -0.15) is 0 Å². The van der Waals surface area contributed by atoms with Gasteiger partial charge in [0.25, 0.3) is 0 Å². The Morgan fingerprint density at radius 2 is 0.510 bits per heavy atom. The molecule has 19 heteroatoms. The zero-order valence-electron chi connectivity index (χ0n) is 65.5. The van der Waals surface area contributed by atoms with Crippen LogP contribution in [-0.4, -0.2) is 96.7 Å². The molecule has 0 aromatic rings. The molecular formula is C81H158O17P2. The molecule has 3 unspecified atom stereocenters. The molecule has 3 N–H and O–H groups in total. The minimum atomic E-state index is -4.96. The third-order valence-corrected chi connectivity index (χ3v) is 21.2. The van der Waals surface area contributed by atoms with Gasteiger partial charge in [0, 0.05) is 25.7 Å². The predicted octanol–water partition coefficient (Wildman–Crippen LogP) is 24.3. The SMILES string of the molecule is CCCCCCCCCCCCCCCCCCCCCC(=O)O[C@H](COC(=O)CCCCCCCCCCCCCCCCC(C)CC)COP(=O)(O)OC[C@@H](O)COP(=O)(O)OC[C@@H](COC(=O)CCCCCCCCCCC(C)C)OC(=O)CCCCCCCCCCCCCC. The number of ether oxygens (including phenoxy) is 4. The summed E-state index contributed by atoms with van der Waals surface area (Å²) < 4.78 is 68.7. The van der Waals surface area contributed by atoms with Crippen molar-refractivity contribution in [3.63, 3.8) is 0 Å². The van der Waals surface area contributed by atoms with Crippen LogP contribution in [0, 0.1) is 11.8 Å². The molecule has 0 rings (SSSR count).